The van der Waals surface area contributed by atoms with Crippen LogP contribution in [0, 0.1) is 0 Å². The van der Waals surface area contributed by atoms with Gasteiger partial charge < -0.3 is 14.2 Å². The molecule has 0 fully saturated rings. The van der Waals surface area contributed by atoms with Crippen LogP contribution in [0.1, 0.15) is 24.4 Å². The highest BCUT2D eigenvalue weighted by Gasteiger charge is 2.19. The number of fused-ring (bicyclic) bond motifs is 1. The lowest BCUT2D eigenvalue weighted by atomic mass is 10.1. The number of nitrogens with one attached hydrogen (secondary N) is 1. The van der Waals surface area contributed by atoms with E-state index in [0.29, 0.717) is 6.42 Å². The van der Waals surface area contributed by atoms with Crippen molar-refractivity contribution in [3.05, 3.63) is 52.7 Å². The number of para-hydroxylation sites is 2. The molecule has 1 N–H and O–H groups in total. The first-order valence-electron chi connectivity index (χ1n) is 6.58. The second-order valence-electron chi connectivity index (χ2n) is 4.54. The molecule has 0 spiro atoms. The molecule has 3 rings (SSSR count). The lowest BCUT2D eigenvalue weighted by molar-refractivity contribution is 0.452. The van der Waals surface area contributed by atoms with Crippen molar-refractivity contribution in [3.63, 3.8) is 0 Å². The van der Waals surface area contributed by atoms with Crippen LogP contribution in [0.4, 0.5) is 0 Å². The smallest absolute Gasteiger partial charge is 0.197 e. The number of hydrogen-bond acceptors (Lipinski definition) is 4. The summed E-state index contributed by atoms with van der Waals surface area (Å²) in [5.74, 6) is 0.727. The fourth-order valence-electron chi connectivity index (χ4n) is 2.27. The van der Waals surface area contributed by atoms with E-state index in [1.54, 1.807) is 6.26 Å². The van der Waals surface area contributed by atoms with Gasteiger partial charge in [0.2, 0.25) is 0 Å². The highest BCUT2D eigenvalue weighted by atomic mass is 79.9. The minimum absolute atomic E-state index is 0.112. The Labute approximate surface area is 125 Å². The number of nitrogens with zero attached hydrogens (tertiary/aromatic N) is 1. The number of furan rings is 1. The highest BCUT2D eigenvalue weighted by Crippen LogP contribution is 2.28. The van der Waals surface area contributed by atoms with E-state index < -0.39 is 0 Å². The fraction of sp³-hybridized carbons (Fsp3) is 0.267. The fourth-order valence-corrected chi connectivity index (χ4v) is 2.79. The topological polar surface area (TPSA) is 51.2 Å². The molecule has 1 atom stereocenters. The van der Waals surface area contributed by atoms with E-state index in [0.717, 1.165) is 33.8 Å². The molecule has 0 aliphatic heterocycles. The van der Waals surface area contributed by atoms with Gasteiger partial charge in [0.1, 0.15) is 5.52 Å². The molecule has 2 heterocycles. The van der Waals surface area contributed by atoms with E-state index in [9.17, 15) is 0 Å². The van der Waals surface area contributed by atoms with E-state index in [-0.39, 0.29) is 6.04 Å². The maximum absolute atomic E-state index is 5.79. The van der Waals surface area contributed by atoms with Gasteiger partial charge in [0.05, 0.1) is 6.26 Å². The lowest BCUT2D eigenvalue weighted by Gasteiger charge is -2.14. The molecule has 0 saturated heterocycles. The molecule has 0 saturated carbocycles. The average molecular weight is 335 g/mol. The number of rotatable bonds is 5. The minimum atomic E-state index is 0.112. The lowest BCUT2D eigenvalue weighted by Crippen LogP contribution is -2.22. The summed E-state index contributed by atoms with van der Waals surface area (Å²) in [6.07, 6.45) is 2.36. The van der Waals surface area contributed by atoms with Crippen LogP contribution in [0.2, 0.25) is 0 Å². The Morgan fingerprint density at radius 2 is 2.15 bits per heavy atom. The predicted octanol–water partition coefficient (Wildman–Crippen LogP) is 4.08. The first-order chi connectivity index (χ1) is 9.78. The van der Waals surface area contributed by atoms with Gasteiger partial charge >= 0.3 is 0 Å². The molecule has 0 amide bonds. The summed E-state index contributed by atoms with van der Waals surface area (Å²) in [4.78, 5) is 4.52. The largest absolute Gasteiger partial charge is 0.457 e. The molecule has 4 nitrogen and oxygen atoms in total. The summed E-state index contributed by atoms with van der Waals surface area (Å²) in [6.45, 7) is 2.94. The van der Waals surface area contributed by atoms with Gasteiger partial charge in [-0.2, -0.15) is 0 Å². The van der Waals surface area contributed by atoms with E-state index in [2.05, 4.69) is 33.2 Å². The van der Waals surface area contributed by atoms with Gasteiger partial charge in [0.15, 0.2) is 16.1 Å². The summed E-state index contributed by atoms with van der Waals surface area (Å²) in [5, 5.41) is 3.43. The summed E-state index contributed by atoms with van der Waals surface area (Å²) >= 11 is 3.43. The van der Waals surface area contributed by atoms with Crippen molar-refractivity contribution in [2.45, 2.75) is 19.4 Å². The van der Waals surface area contributed by atoms with Crippen LogP contribution in [0.3, 0.4) is 0 Å². The van der Waals surface area contributed by atoms with Crippen LogP contribution in [-0.4, -0.2) is 11.5 Å². The number of oxazole rings is 1. The zero-order chi connectivity index (χ0) is 13.9. The van der Waals surface area contributed by atoms with Crippen molar-refractivity contribution in [2.24, 2.45) is 0 Å². The highest BCUT2D eigenvalue weighted by molar-refractivity contribution is 9.10. The maximum atomic E-state index is 5.79. The molecule has 0 bridgehead atoms. The van der Waals surface area contributed by atoms with Gasteiger partial charge in [-0.25, -0.2) is 4.98 Å². The van der Waals surface area contributed by atoms with E-state index >= 15 is 0 Å². The van der Waals surface area contributed by atoms with Gasteiger partial charge in [0, 0.05) is 18.0 Å². The summed E-state index contributed by atoms with van der Waals surface area (Å²) < 4.78 is 11.8. The zero-order valence-electron chi connectivity index (χ0n) is 11.1. The van der Waals surface area contributed by atoms with Crippen molar-refractivity contribution in [1.82, 2.24) is 10.3 Å². The molecule has 20 heavy (non-hydrogen) atoms. The molecule has 5 heteroatoms. The normalized spacial score (nSPS) is 12.9. The molecular formula is C15H15BrN2O2. The second-order valence-corrected chi connectivity index (χ2v) is 5.26. The summed E-state index contributed by atoms with van der Waals surface area (Å²) in [7, 11) is 0. The van der Waals surface area contributed by atoms with Crippen molar-refractivity contribution in [3.8, 4) is 0 Å². The third kappa shape index (κ3) is 2.64. The van der Waals surface area contributed by atoms with Gasteiger partial charge in [-0.3, -0.25) is 0 Å². The Kier molecular flexibility index (Phi) is 3.89. The molecule has 0 aliphatic rings. The van der Waals surface area contributed by atoms with E-state index in [1.807, 2.05) is 30.3 Å². The number of aromatic nitrogens is 1. The molecule has 104 valence electrons. The van der Waals surface area contributed by atoms with Crippen LogP contribution in [0.25, 0.3) is 11.1 Å². The Balaban J connectivity index is 1.88. The number of halogens is 1. The summed E-state index contributed by atoms with van der Waals surface area (Å²) in [6, 6.07) is 9.87. The van der Waals surface area contributed by atoms with Gasteiger partial charge in [0.25, 0.3) is 0 Å². The van der Waals surface area contributed by atoms with Crippen LogP contribution < -0.4 is 5.32 Å². The standard InChI is InChI=1S/C15H15BrN2O2/c1-2-17-12(10-7-8-19-15(10)16)9-14-18-11-5-3-4-6-13(11)20-14/h3-8,12,17H,2,9H2,1H3. The predicted molar refractivity (Wildman–Crippen MR) is 80.5 cm³/mol. The number of hydrogen-bond donors (Lipinski definition) is 1. The molecule has 2 aromatic heterocycles. The molecule has 0 aliphatic carbocycles. The van der Waals surface area contributed by atoms with Crippen molar-refractivity contribution in [2.75, 3.05) is 6.54 Å². The zero-order valence-corrected chi connectivity index (χ0v) is 12.7. The van der Waals surface area contributed by atoms with E-state index in [1.165, 1.54) is 0 Å². The third-order valence-corrected chi connectivity index (χ3v) is 3.83. The number of likely N-dealkylation sites (N-methyl/N-ethyl adjacent to an activating group) is 1. The molecular weight excluding hydrogens is 320 g/mol. The van der Waals surface area contributed by atoms with Crippen LogP contribution in [0.15, 0.2) is 50.1 Å². The summed E-state index contributed by atoms with van der Waals surface area (Å²) in [5.41, 5.74) is 2.79. The first kappa shape index (κ1) is 13.4. The average Bonchev–Trinajstić information content (AvgIpc) is 3.03. The molecule has 1 unspecified atom stereocenters. The Morgan fingerprint density at radius 1 is 1.30 bits per heavy atom. The van der Waals surface area contributed by atoms with Crippen molar-refractivity contribution in [1.29, 1.82) is 0 Å². The van der Waals surface area contributed by atoms with Crippen molar-refractivity contribution >= 4 is 27.0 Å². The molecule has 3 aromatic rings. The first-order valence-corrected chi connectivity index (χ1v) is 7.38. The SMILES string of the molecule is CCNC(Cc1nc2ccccc2o1)c1ccoc1Br. The third-order valence-electron chi connectivity index (χ3n) is 3.19. The molecule has 1 aromatic carbocycles. The Hall–Kier alpha value is -1.59. The maximum Gasteiger partial charge on any atom is 0.197 e. The van der Waals surface area contributed by atoms with Gasteiger partial charge in [-0.1, -0.05) is 19.1 Å². The van der Waals surface area contributed by atoms with Crippen molar-refractivity contribution < 1.29 is 8.83 Å². The quantitative estimate of drug-likeness (QED) is 0.763. The minimum Gasteiger partial charge on any atom is -0.457 e. The number of benzene rings is 1. The van der Waals surface area contributed by atoms with Crippen LogP contribution >= 0.6 is 15.9 Å². The molecule has 0 radical (unpaired) electrons. The Bertz CT molecular complexity index is 672. The Morgan fingerprint density at radius 3 is 2.85 bits per heavy atom. The van der Waals surface area contributed by atoms with Crippen LogP contribution in [0.5, 0.6) is 0 Å². The van der Waals surface area contributed by atoms with E-state index in [4.69, 9.17) is 8.83 Å². The monoisotopic (exact) mass is 334 g/mol. The van der Waals surface area contributed by atoms with Gasteiger partial charge in [-0.05, 0) is 40.7 Å². The second kappa shape index (κ2) is 5.81. The van der Waals surface area contributed by atoms with Gasteiger partial charge in [-0.15, -0.1) is 0 Å². The van der Waals surface area contributed by atoms with Crippen LogP contribution in [-0.2, 0) is 6.42 Å².